The molecule has 2 rings (SSSR count). The van der Waals surface area contributed by atoms with Crippen molar-refractivity contribution in [3.05, 3.63) is 71.0 Å². The van der Waals surface area contributed by atoms with Gasteiger partial charge in [-0.05, 0) is 24.6 Å². The van der Waals surface area contributed by atoms with Crippen molar-refractivity contribution < 1.29 is 4.39 Å². The van der Waals surface area contributed by atoms with Crippen molar-refractivity contribution in [2.45, 2.75) is 6.92 Å². The van der Waals surface area contributed by atoms with Gasteiger partial charge in [0, 0.05) is 5.56 Å². The fraction of sp³-hybridized carbons (Fsp3) is 0.0625. The molecule has 0 heterocycles. The summed E-state index contributed by atoms with van der Waals surface area (Å²) in [6.45, 7) is 1.98. The Bertz CT molecular complexity index is 636. The van der Waals surface area contributed by atoms with Gasteiger partial charge in [0.05, 0.1) is 11.6 Å². The number of aryl methyl sites for hydroxylation is 1. The average molecular weight is 237 g/mol. The molecule has 0 atom stereocenters. The normalized spacial score (nSPS) is 11.1. The molecule has 0 radical (unpaired) electrons. The minimum atomic E-state index is -0.377. The highest BCUT2D eigenvalue weighted by Crippen LogP contribution is 2.20. The van der Waals surface area contributed by atoms with Crippen LogP contribution in [0.4, 0.5) is 4.39 Å². The molecule has 0 aliphatic carbocycles. The van der Waals surface area contributed by atoms with E-state index >= 15 is 0 Å². The molecule has 0 bridgehead atoms. The summed E-state index contributed by atoms with van der Waals surface area (Å²) >= 11 is 0. The van der Waals surface area contributed by atoms with Gasteiger partial charge >= 0.3 is 0 Å². The van der Waals surface area contributed by atoms with Crippen molar-refractivity contribution in [3.63, 3.8) is 0 Å². The van der Waals surface area contributed by atoms with Crippen molar-refractivity contribution >= 4 is 11.6 Å². The number of hydrogen-bond donors (Lipinski definition) is 0. The van der Waals surface area contributed by atoms with E-state index in [0.29, 0.717) is 11.1 Å². The zero-order chi connectivity index (χ0) is 13.0. The van der Waals surface area contributed by atoms with Gasteiger partial charge in [-0.25, -0.2) is 4.39 Å². The van der Waals surface area contributed by atoms with E-state index < -0.39 is 0 Å². The smallest absolute Gasteiger partial charge is 0.131 e. The van der Waals surface area contributed by atoms with Crippen LogP contribution in [0.1, 0.15) is 16.7 Å². The van der Waals surface area contributed by atoms with Crippen molar-refractivity contribution in [2.24, 2.45) is 0 Å². The maximum atomic E-state index is 13.6. The van der Waals surface area contributed by atoms with E-state index in [-0.39, 0.29) is 5.82 Å². The predicted octanol–water partition coefficient (Wildman–Crippen LogP) is 4.20. The summed E-state index contributed by atoms with van der Waals surface area (Å²) in [5.74, 6) is -0.377. The molecule has 0 aromatic heterocycles. The van der Waals surface area contributed by atoms with Crippen molar-refractivity contribution in [1.29, 1.82) is 5.26 Å². The molecule has 0 saturated heterocycles. The van der Waals surface area contributed by atoms with Gasteiger partial charge in [0.1, 0.15) is 5.82 Å². The van der Waals surface area contributed by atoms with Crippen LogP contribution in [0.3, 0.4) is 0 Å². The average Bonchev–Trinajstić information content (AvgIpc) is 2.37. The molecule has 0 aliphatic rings. The largest absolute Gasteiger partial charge is 0.206 e. The van der Waals surface area contributed by atoms with Crippen LogP contribution in [-0.4, -0.2) is 0 Å². The van der Waals surface area contributed by atoms with Crippen molar-refractivity contribution in [2.75, 3.05) is 0 Å². The van der Waals surface area contributed by atoms with Gasteiger partial charge in [-0.1, -0.05) is 48.0 Å². The Morgan fingerprint density at radius 1 is 1.17 bits per heavy atom. The van der Waals surface area contributed by atoms with E-state index in [9.17, 15) is 4.39 Å². The third kappa shape index (κ3) is 2.64. The van der Waals surface area contributed by atoms with Gasteiger partial charge in [-0.3, -0.25) is 0 Å². The number of nitrogens with zero attached hydrogens (tertiary/aromatic N) is 1. The molecule has 0 saturated carbocycles. The monoisotopic (exact) mass is 237 g/mol. The minimum Gasteiger partial charge on any atom is -0.206 e. The lowest BCUT2D eigenvalue weighted by atomic mass is 10.0. The number of rotatable bonds is 2. The summed E-state index contributed by atoms with van der Waals surface area (Å²) in [4.78, 5) is 0. The quantitative estimate of drug-likeness (QED) is 0.567. The molecule has 0 fully saturated rings. The molecular weight excluding hydrogens is 225 g/mol. The third-order valence-electron chi connectivity index (χ3n) is 2.64. The van der Waals surface area contributed by atoms with E-state index in [4.69, 9.17) is 5.26 Å². The molecule has 18 heavy (non-hydrogen) atoms. The van der Waals surface area contributed by atoms with Crippen LogP contribution < -0.4 is 0 Å². The Labute approximate surface area is 106 Å². The highest BCUT2D eigenvalue weighted by Gasteiger charge is 2.06. The summed E-state index contributed by atoms with van der Waals surface area (Å²) in [5, 5.41) is 9.15. The van der Waals surface area contributed by atoms with Gasteiger partial charge in [0.25, 0.3) is 0 Å². The molecule has 88 valence electrons. The molecule has 2 heteroatoms. The second-order valence-corrected chi connectivity index (χ2v) is 4.06. The number of allylic oxidation sites excluding steroid dienone is 1. The standard InChI is InChI=1S/C16H12FN/c1-12-5-4-6-13(9-12)10-14(11-18)15-7-2-3-8-16(15)17/h2-10H,1H3/b14-10-. The first-order valence-corrected chi connectivity index (χ1v) is 5.64. The van der Waals surface area contributed by atoms with Gasteiger partial charge in [-0.15, -0.1) is 0 Å². The van der Waals surface area contributed by atoms with E-state index in [2.05, 4.69) is 0 Å². The van der Waals surface area contributed by atoms with E-state index in [0.717, 1.165) is 11.1 Å². The lowest BCUT2D eigenvalue weighted by Crippen LogP contribution is -1.87. The summed E-state index contributed by atoms with van der Waals surface area (Å²) < 4.78 is 13.6. The second-order valence-electron chi connectivity index (χ2n) is 4.06. The number of halogens is 1. The Hall–Kier alpha value is -2.40. The molecule has 0 spiro atoms. The number of nitriles is 1. The molecule has 0 unspecified atom stereocenters. The number of hydrogen-bond acceptors (Lipinski definition) is 1. The van der Waals surface area contributed by atoms with Crippen molar-refractivity contribution in [3.8, 4) is 6.07 Å². The summed E-state index contributed by atoms with van der Waals surface area (Å²) in [6.07, 6.45) is 1.70. The predicted molar refractivity (Wildman–Crippen MR) is 71.1 cm³/mol. The lowest BCUT2D eigenvalue weighted by Gasteiger charge is -2.02. The Morgan fingerprint density at radius 3 is 2.61 bits per heavy atom. The second kappa shape index (κ2) is 5.29. The SMILES string of the molecule is Cc1cccc(/C=C(/C#N)c2ccccc2F)c1. The van der Waals surface area contributed by atoms with Gasteiger partial charge < -0.3 is 0 Å². The van der Waals surface area contributed by atoms with Crippen LogP contribution in [0.5, 0.6) is 0 Å². The maximum absolute atomic E-state index is 13.6. The lowest BCUT2D eigenvalue weighted by molar-refractivity contribution is 0.624. The minimum absolute atomic E-state index is 0.332. The van der Waals surface area contributed by atoms with Crippen LogP contribution >= 0.6 is 0 Å². The highest BCUT2D eigenvalue weighted by molar-refractivity contribution is 5.89. The molecule has 2 aromatic carbocycles. The Kier molecular flexibility index (Phi) is 3.54. The Balaban J connectivity index is 2.48. The summed E-state index contributed by atoms with van der Waals surface area (Å²) in [5.41, 5.74) is 2.67. The highest BCUT2D eigenvalue weighted by atomic mass is 19.1. The van der Waals surface area contributed by atoms with Crippen LogP contribution in [0, 0.1) is 24.1 Å². The Morgan fingerprint density at radius 2 is 1.94 bits per heavy atom. The van der Waals surface area contributed by atoms with Crippen molar-refractivity contribution in [1.82, 2.24) is 0 Å². The molecule has 0 N–H and O–H groups in total. The molecule has 0 aliphatic heterocycles. The molecule has 0 amide bonds. The summed E-state index contributed by atoms with van der Waals surface area (Å²) in [7, 11) is 0. The molecule has 2 aromatic rings. The fourth-order valence-corrected chi connectivity index (χ4v) is 1.78. The number of benzene rings is 2. The third-order valence-corrected chi connectivity index (χ3v) is 2.64. The van der Waals surface area contributed by atoms with Crippen LogP contribution in [0.2, 0.25) is 0 Å². The summed E-state index contributed by atoms with van der Waals surface area (Å²) in [6, 6.07) is 16.1. The van der Waals surface area contributed by atoms with E-state index in [1.165, 1.54) is 6.07 Å². The van der Waals surface area contributed by atoms with Gasteiger partial charge in [-0.2, -0.15) is 5.26 Å². The van der Waals surface area contributed by atoms with E-state index in [1.807, 2.05) is 37.3 Å². The molecule has 1 nitrogen and oxygen atoms in total. The first-order valence-electron chi connectivity index (χ1n) is 5.64. The van der Waals surface area contributed by atoms with Crippen LogP contribution in [0.15, 0.2) is 48.5 Å². The van der Waals surface area contributed by atoms with E-state index in [1.54, 1.807) is 24.3 Å². The first kappa shape index (κ1) is 12.1. The molecular formula is C16H12FN. The topological polar surface area (TPSA) is 23.8 Å². The first-order chi connectivity index (χ1) is 8.70. The van der Waals surface area contributed by atoms with Crippen LogP contribution in [0.25, 0.3) is 11.6 Å². The van der Waals surface area contributed by atoms with Gasteiger partial charge in [0.2, 0.25) is 0 Å². The maximum Gasteiger partial charge on any atom is 0.131 e. The van der Waals surface area contributed by atoms with Crippen LogP contribution in [-0.2, 0) is 0 Å². The zero-order valence-corrected chi connectivity index (χ0v) is 10.0. The fourth-order valence-electron chi connectivity index (χ4n) is 1.78. The zero-order valence-electron chi connectivity index (χ0n) is 10.0. The van der Waals surface area contributed by atoms with Gasteiger partial charge in [0.15, 0.2) is 0 Å².